The molecular formula is C18H12N2O2S. The predicted octanol–water partition coefficient (Wildman–Crippen LogP) is 4.20. The molecule has 0 N–H and O–H groups in total. The van der Waals surface area contributed by atoms with Gasteiger partial charge in [-0.15, -0.1) is 5.10 Å². The van der Waals surface area contributed by atoms with Gasteiger partial charge < -0.3 is 4.74 Å². The molecular weight excluding hydrogens is 308 g/mol. The first-order chi connectivity index (χ1) is 11.3. The van der Waals surface area contributed by atoms with Gasteiger partial charge >= 0.3 is 5.97 Å². The van der Waals surface area contributed by atoms with Gasteiger partial charge in [0.05, 0.1) is 10.3 Å². The van der Waals surface area contributed by atoms with Crippen molar-refractivity contribution < 1.29 is 9.53 Å². The first-order valence-corrected chi connectivity index (χ1v) is 7.94. The molecule has 4 aromatic rings. The number of fused-ring (bicyclic) bond motifs is 3. The number of aromatic nitrogens is 2. The second-order valence-corrected chi connectivity index (χ2v) is 5.97. The van der Waals surface area contributed by atoms with Gasteiger partial charge in [0.1, 0.15) is 12.1 Å². The molecule has 0 aliphatic carbocycles. The van der Waals surface area contributed by atoms with Gasteiger partial charge in [-0.1, -0.05) is 47.0 Å². The highest BCUT2D eigenvalue weighted by atomic mass is 32.1. The summed E-state index contributed by atoms with van der Waals surface area (Å²) in [5.41, 5.74) is 2.38. The Morgan fingerprint density at radius 1 is 1.04 bits per heavy atom. The second-order valence-electron chi connectivity index (χ2n) is 5.18. The van der Waals surface area contributed by atoms with Gasteiger partial charge in [-0.2, -0.15) is 0 Å². The fourth-order valence-corrected chi connectivity index (χ4v) is 3.09. The van der Waals surface area contributed by atoms with Crippen LogP contribution < -0.4 is 0 Å². The molecule has 1 aromatic heterocycles. The molecule has 0 bridgehead atoms. The van der Waals surface area contributed by atoms with E-state index in [4.69, 9.17) is 4.74 Å². The number of esters is 1. The highest BCUT2D eigenvalue weighted by molar-refractivity contribution is 7.13. The van der Waals surface area contributed by atoms with Crippen molar-refractivity contribution in [1.82, 2.24) is 9.59 Å². The van der Waals surface area contributed by atoms with Gasteiger partial charge in [-0.25, -0.2) is 4.79 Å². The number of carbonyl (C=O) groups excluding carboxylic acids is 1. The predicted molar refractivity (Wildman–Crippen MR) is 90.5 cm³/mol. The lowest BCUT2D eigenvalue weighted by Gasteiger charge is -2.06. The average molecular weight is 320 g/mol. The first kappa shape index (κ1) is 13.8. The van der Waals surface area contributed by atoms with Crippen molar-refractivity contribution in [3.8, 4) is 0 Å². The third-order valence-electron chi connectivity index (χ3n) is 3.68. The smallest absolute Gasteiger partial charge is 0.338 e. The number of ether oxygens (including phenoxy) is 1. The molecule has 0 unspecified atom stereocenters. The average Bonchev–Trinajstić information content (AvgIpc) is 3.09. The SMILES string of the molecule is O=C(OCc1ccccc1)c1ccc2c(ccc3snnc32)c1. The summed E-state index contributed by atoms with van der Waals surface area (Å²) in [6.07, 6.45) is 0. The van der Waals surface area contributed by atoms with Crippen molar-refractivity contribution in [2.75, 3.05) is 0 Å². The quantitative estimate of drug-likeness (QED) is 0.531. The van der Waals surface area contributed by atoms with Gasteiger partial charge in [0, 0.05) is 5.39 Å². The van der Waals surface area contributed by atoms with E-state index in [-0.39, 0.29) is 12.6 Å². The van der Waals surface area contributed by atoms with Gasteiger partial charge in [-0.3, -0.25) is 0 Å². The lowest BCUT2D eigenvalue weighted by atomic mass is 10.1. The highest BCUT2D eigenvalue weighted by Crippen LogP contribution is 2.26. The Labute approximate surface area is 136 Å². The molecule has 1 heterocycles. The lowest BCUT2D eigenvalue weighted by Crippen LogP contribution is -2.05. The molecule has 0 aliphatic rings. The molecule has 4 rings (SSSR count). The number of nitrogens with zero attached hydrogens (tertiary/aromatic N) is 2. The Kier molecular flexibility index (Phi) is 3.48. The number of hydrogen-bond donors (Lipinski definition) is 0. The van der Waals surface area contributed by atoms with Crippen LogP contribution in [-0.2, 0) is 11.3 Å². The van der Waals surface area contributed by atoms with Crippen LogP contribution >= 0.6 is 11.5 Å². The standard InChI is InChI=1S/C18H12N2O2S/c21-18(22-11-12-4-2-1-3-5-12)14-6-8-15-13(10-14)7-9-16-17(15)19-20-23-16/h1-10H,11H2. The Morgan fingerprint density at radius 2 is 1.91 bits per heavy atom. The molecule has 23 heavy (non-hydrogen) atoms. The highest BCUT2D eigenvalue weighted by Gasteiger charge is 2.10. The third-order valence-corrected chi connectivity index (χ3v) is 4.37. The molecule has 0 amide bonds. The summed E-state index contributed by atoms with van der Waals surface area (Å²) in [6.45, 7) is 0.271. The van der Waals surface area contributed by atoms with E-state index in [1.54, 1.807) is 6.07 Å². The van der Waals surface area contributed by atoms with Gasteiger partial charge in [0.2, 0.25) is 0 Å². The molecule has 112 valence electrons. The van der Waals surface area contributed by atoms with Crippen molar-refractivity contribution in [2.24, 2.45) is 0 Å². The Hall–Kier alpha value is -2.79. The zero-order valence-corrected chi connectivity index (χ0v) is 12.9. The molecule has 0 fully saturated rings. The summed E-state index contributed by atoms with van der Waals surface area (Å²) < 4.78 is 10.4. The van der Waals surface area contributed by atoms with Crippen LogP contribution in [0, 0.1) is 0 Å². The minimum absolute atomic E-state index is 0.271. The Balaban J connectivity index is 1.61. The van der Waals surface area contributed by atoms with Crippen LogP contribution in [0.1, 0.15) is 15.9 Å². The maximum Gasteiger partial charge on any atom is 0.338 e. The number of rotatable bonds is 3. The molecule has 0 atom stereocenters. The van der Waals surface area contributed by atoms with Crippen molar-refractivity contribution in [3.63, 3.8) is 0 Å². The summed E-state index contributed by atoms with van der Waals surface area (Å²) in [4.78, 5) is 12.2. The van der Waals surface area contributed by atoms with Crippen molar-refractivity contribution in [2.45, 2.75) is 6.61 Å². The Morgan fingerprint density at radius 3 is 2.78 bits per heavy atom. The van der Waals surface area contributed by atoms with Crippen LogP contribution in [0.3, 0.4) is 0 Å². The molecule has 0 spiro atoms. The van der Waals surface area contributed by atoms with Crippen molar-refractivity contribution in [3.05, 3.63) is 71.8 Å². The Bertz CT molecular complexity index is 996. The fourth-order valence-electron chi connectivity index (χ4n) is 2.51. The summed E-state index contributed by atoms with van der Waals surface area (Å²) in [6, 6.07) is 19.1. The van der Waals surface area contributed by atoms with Crippen LogP contribution in [0.2, 0.25) is 0 Å². The van der Waals surface area contributed by atoms with Crippen LogP contribution in [0.4, 0.5) is 0 Å². The molecule has 0 saturated carbocycles. The molecule has 4 nitrogen and oxygen atoms in total. The van der Waals surface area contributed by atoms with E-state index in [2.05, 4.69) is 9.59 Å². The summed E-state index contributed by atoms with van der Waals surface area (Å²) in [7, 11) is 0. The monoisotopic (exact) mass is 320 g/mol. The number of carbonyl (C=O) groups is 1. The molecule has 0 aliphatic heterocycles. The minimum Gasteiger partial charge on any atom is -0.457 e. The molecule has 0 radical (unpaired) electrons. The van der Waals surface area contributed by atoms with E-state index in [0.717, 1.165) is 26.6 Å². The zero-order chi connectivity index (χ0) is 15.6. The topological polar surface area (TPSA) is 52.1 Å². The van der Waals surface area contributed by atoms with E-state index in [1.807, 2.05) is 54.6 Å². The minimum atomic E-state index is -0.327. The maximum atomic E-state index is 12.2. The van der Waals surface area contributed by atoms with E-state index in [1.165, 1.54) is 11.5 Å². The van der Waals surface area contributed by atoms with Crippen molar-refractivity contribution in [1.29, 1.82) is 0 Å². The van der Waals surface area contributed by atoms with E-state index >= 15 is 0 Å². The first-order valence-electron chi connectivity index (χ1n) is 7.17. The number of benzene rings is 3. The zero-order valence-electron chi connectivity index (χ0n) is 12.1. The van der Waals surface area contributed by atoms with Gasteiger partial charge in [-0.05, 0) is 40.7 Å². The number of hydrogen-bond acceptors (Lipinski definition) is 5. The van der Waals surface area contributed by atoms with E-state index in [0.29, 0.717) is 5.56 Å². The van der Waals surface area contributed by atoms with E-state index in [9.17, 15) is 4.79 Å². The summed E-state index contributed by atoms with van der Waals surface area (Å²) >= 11 is 1.37. The lowest BCUT2D eigenvalue weighted by molar-refractivity contribution is 0.0473. The molecule has 0 saturated heterocycles. The third kappa shape index (κ3) is 2.66. The van der Waals surface area contributed by atoms with Crippen LogP contribution in [-0.4, -0.2) is 15.6 Å². The molecule has 3 aromatic carbocycles. The second kappa shape index (κ2) is 5.78. The van der Waals surface area contributed by atoms with Crippen LogP contribution in [0.25, 0.3) is 21.0 Å². The fraction of sp³-hybridized carbons (Fsp3) is 0.0556. The summed E-state index contributed by atoms with van der Waals surface area (Å²) in [5.74, 6) is -0.327. The van der Waals surface area contributed by atoms with Gasteiger partial charge in [0.15, 0.2) is 0 Å². The van der Waals surface area contributed by atoms with Crippen LogP contribution in [0.15, 0.2) is 60.7 Å². The van der Waals surface area contributed by atoms with Crippen molar-refractivity contribution >= 4 is 38.5 Å². The maximum absolute atomic E-state index is 12.2. The molecule has 5 heteroatoms. The van der Waals surface area contributed by atoms with Crippen LogP contribution in [0.5, 0.6) is 0 Å². The summed E-state index contributed by atoms with van der Waals surface area (Å²) in [5, 5.41) is 6.10. The van der Waals surface area contributed by atoms with E-state index < -0.39 is 0 Å². The normalized spacial score (nSPS) is 11.0. The van der Waals surface area contributed by atoms with Gasteiger partial charge in [0.25, 0.3) is 0 Å². The largest absolute Gasteiger partial charge is 0.457 e.